The lowest BCUT2D eigenvalue weighted by atomic mass is 10.0. The SMILES string of the molecule is O=S(=O)(/N=C1/C(c2ccccc2)=Nc2ccccc21)c1ccccc1. The number of para-hydroxylation sites is 1. The number of nitrogens with zero attached hydrogens (tertiary/aromatic N) is 2. The van der Waals surface area contributed by atoms with Gasteiger partial charge in [-0.15, -0.1) is 0 Å². The maximum absolute atomic E-state index is 12.7. The first-order valence-corrected chi connectivity index (χ1v) is 9.23. The van der Waals surface area contributed by atoms with E-state index in [-0.39, 0.29) is 4.90 Å². The minimum atomic E-state index is -3.82. The molecule has 4 rings (SSSR count). The number of hydrogen-bond acceptors (Lipinski definition) is 3. The molecule has 0 radical (unpaired) electrons. The van der Waals surface area contributed by atoms with E-state index in [0.29, 0.717) is 11.4 Å². The van der Waals surface area contributed by atoms with Crippen molar-refractivity contribution in [2.24, 2.45) is 9.39 Å². The maximum Gasteiger partial charge on any atom is 0.282 e. The lowest BCUT2D eigenvalue weighted by molar-refractivity contribution is 0.598. The summed E-state index contributed by atoms with van der Waals surface area (Å²) in [6.45, 7) is 0. The molecule has 1 aliphatic rings. The fourth-order valence-corrected chi connectivity index (χ4v) is 3.76. The summed E-state index contributed by atoms with van der Waals surface area (Å²) in [4.78, 5) is 4.77. The van der Waals surface area contributed by atoms with Crippen LogP contribution in [-0.4, -0.2) is 19.8 Å². The molecule has 25 heavy (non-hydrogen) atoms. The summed E-state index contributed by atoms with van der Waals surface area (Å²) < 4.78 is 29.6. The van der Waals surface area contributed by atoms with Gasteiger partial charge < -0.3 is 0 Å². The highest BCUT2D eigenvalue weighted by molar-refractivity contribution is 7.90. The Labute approximate surface area is 146 Å². The van der Waals surface area contributed by atoms with E-state index in [1.54, 1.807) is 30.3 Å². The zero-order valence-electron chi connectivity index (χ0n) is 13.2. The Morgan fingerprint density at radius 3 is 2.04 bits per heavy atom. The zero-order valence-corrected chi connectivity index (χ0v) is 14.0. The predicted molar refractivity (Wildman–Crippen MR) is 99.2 cm³/mol. The third-order valence-corrected chi connectivity index (χ3v) is 5.21. The number of hydrogen-bond donors (Lipinski definition) is 0. The fourth-order valence-electron chi connectivity index (χ4n) is 2.73. The van der Waals surface area contributed by atoms with Gasteiger partial charge in [0.2, 0.25) is 0 Å². The highest BCUT2D eigenvalue weighted by Crippen LogP contribution is 2.30. The van der Waals surface area contributed by atoms with E-state index < -0.39 is 10.0 Å². The van der Waals surface area contributed by atoms with E-state index in [4.69, 9.17) is 0 Å². The molecule has 0 atom stereocenters. The van der Waals surface area contributed by atoms with Gasteiger partial charge in [0.25, 0.3) is 10.0 Å². The van der Waals surface area contributed by atoms with Crippen LogP contribution < -0.4 is 0 Å². The first-order valence-electron chi connectivity index (χ1n) is 7.79. The Hall–Kier alpha value is -3.05. The molecule has 0 bridgehead atoms. The van der Waals surface area contributed by atoms with Crippen LogP contribution in [0.15, 0.2) is 99.2 Å². The van der Waals surface area contributed by atoms with Crippen molar-refractivity contribution in [3.05, 3.63) is 96.1 Å². The van der Waals surface area contributed by atoms with Crippen molar-refractivity contribution in [1.29, 1.82) is 0 Å². The monoisotopic (exact) mass is 346 g/mol. The third-order valence-electron chi connectivity index (χ3n) is 3.92. The van der Waals surface area contributed by atoms with Crippen LogP contribution in [0.1, 0.15) is 11.1 Å². The summed E-state index contributed by atoms with van der Waals surface area (Å²) in [5, 5.41) is 0. The van der Waals surface area contributed by atoms with Crippen LogP contribution in [0.4, 0.5) is 5.69 Å². The van der Waals surface area contributed by atoms with Crippen LogP contribution in [0.5, 0.6) is 0 Å². The van der Waals surface area contributed by atoms with E-state index in [0.717, 1.165) is 16.8 Å². The second-order valence-electron chi connectivity index (χ2n) is 5.57. The summed E-state index contributed by atoms with van der Waals surface area (Å²) in [5.41, 5.74) is 3.23. The van der Waals surface area contributed by atoms with Crippen molar-refractivity contribution >= 4 is 27.1 Å². The summed E-state index contributed by atoms with van der Waals surface area (Å²) in [6.07, 6.45) is 0. The quantitative estimate of drug-likeness (QED) is 0.720. The van der Waals surface area contributed by atoms with E-state index in [9.17, 15) is 8.42 Å². The lowest BCUT2D eigenvalue weighted by Crippen LogP contribution is -2.15. The van der Waals surface area contributed by atoms with Gasteiger partial charge in [0.05, 0.1) is 16.3 Å². The van der Waals surface area contributed by atoms with Crippen molar-refractivity contribution in [3.63, 3.8) is 0 Å². The van der Waals surface area contributed by atoms with Gasteiger partial charge in [-0.2, -0.15) is 12.8 Å². The number of rotatable bonds is 3. The van der Waals surface area contributed by atoms with Gasteiger partial charge in [0.1, 0.15) is 5.71 Å². The Morgan fingerprint density at radius 2 is 1.32 bits per heavy atom. The van der Waals surface area contributed by atoms with Gasteiger partial charge in [-0.1, -0.05) is 66.7 Å². The number of aliphatic imine (C=N–C) groups is 1. The summed E-state index contributed by atoms with van der Waals surface area (Å²) in [5.74, 6) is 0. The van der Waals surface area contributed by atoms with Crippen molar-refractivity contribution < 1.29 is 8.42 Å². The van der Waals surface area contributed by atoms with Gasteiger partial charge in [-0.05, 0) is 18.2 Å². The Bertz CT molecular complexity index is 1090. The maximum atomic E-state index is 12.7. The van der Waals surface area contributed by atoms with Crippen LogP contribution in [0, 0.1) is 0 Å². The molecule has 3 aromatic rings. The Morgan fingerprint density at radius 1 is 0.720 bits per heavy atom. The summed E-state index contributed by atoms with van der Waals surface area (Å²) >= 11 is 0. The molecule has 0 aromatic heterocycles. The summed E-state index contributed by atoms with van der Waals surface area (Å²) in [7, 11) is -3.82. The molecule has 0 spiro atoms. The Kier molecular flexibility index (Phi) is 3.78. The van der Waals surface area contributed by atoms with Crippen molar-refractivity contribution in [2.75, 3.05) is 0 Å². The van der Waals surface area contributed by atoms with Crippen LogP contribution in [0.2, 0.25) is 0 Å². The molecule has 0 N–H and O–H groups in total. The molecule has 5 heteroatoms. The van der Waals surface area contributed by atoms with Crippen LogP contribution >= 0.6 is 0 Å². The molecule has 1 aliphatic heterocycles. The minimum absolute atomic E-state index is 0.166. The van der Waals surface area contributed by atoms with E-state index in [2.05, 4.69) is 9.39 Å². The smallest absolute Gasteiger partial charge is 0.245 e. The third kappa shape index (κ3) is 2.90. The average Bonchev–Trinajstić information content (AvgIpc) is 3.01. The molecule has 3 aromatic carbocycles. The van der Waals surface area contributed by atoms with E-state index >= 15 is 0 Å². The van der Waals surface area contributed by atoms with Crippen molar-refractivity contribution in [3.8, 4) is 0 Å². The molecule has 0 saturated carbocycles. The molecule has 0 amide bonds. The molecule has 0 saturated heterocycles. The number of benzene rings is 3. The Balaban J connectivity index is 1.90. The zero-order chi connectivity index (χ0) is 17.3. The van der Waals surface area contributed by atoms with Gasteiger partial charge in [0, 0.05) is 11.1 Å². The number of fused-ring (bicyclic) bond motifs is 1. The average molecular weight is 346 g/mol. The van der Waals surface area contributed by atoms with E-state index in [1.165, 1.54) is 0 Å². The molecule has 1 heterocycles. The van der Waals surface area contributed by atoms with Gasteiger partial charge in [0.15, 0.2) is 0 Å². The molecule has 0 unspecified atom stereocenters. The molecule has 0 aliphatic carbocycles. The fraction of sp³-hybridized carbons (Fsp3) is 0. The first kappa shape index (κ1) is 15.5. The lowest BCUT2D eigenvalue weighted by Gasteiger charge is -2.05. The van der Waals surface area contributed by atoms with Gasteiger partial charge in [-0.3, -0.25) is 0 Å². The molecular formula is C20H14N2O2S. The largest absolute Gasteiger partial charge is 0.282 e. The van der Waals surface area contributed by atoms with Crippen molar-refractivity contribution in [1.82, 2.24) is 0 Å². The number of sulfonamides is 1. The highest BCUT2D eigenvalue weighted by atomic mass is 32.2. The molecule has 122 valence electrons. The standard InChI is InChI=1S/C20H14N2O2S/c23-25(24,16-11-5-2-6-12-16)22-20-17-13-7-8-14-18(17)21-19(20)15-9-3-1-4-10-15/h1-14H/b22-20+. The normalized spacial score (nSPS) is 15.0. The minimum Gasteiger partial charge on any atom is -0.245 e. The van der Waals surface area contributed by atoms with Crippen LogP contribution in [0.25, 0.3) is 0 Å². The topological polar surface area (TPSA) is 58.9 Å². The van der Waals surface area contributed by atoms with E-state index in [1.807, 2.05) is 54.6 Å². The van der Waals surface area contributed by atoms with Gasteiger partial charge in [-0.25, -0.2) is 4.99 Å². The van der Waals surface area contributed by atoms with Crippen molar-refractivity contribution in [2.45, 2.75) is 4.90 Å². The van der Waals surface area contributed by atoms with Crippen LogP contribution in [-0.2, 0) is 10.0 Å². The van der Waals surface area contributed by atoms with Crippen LogP contribution in [0.3, 0.4) is 0 Å². The molecular weight excluding hydrogens is 332 g/mol. The summed E-state index contributed by atoms with van der Waals surface area (Å²) in [6, 6.07) is 25.1. The first-order chi connectivity index (χ1) is 12.1. The highest BCUT2D eigenvalue weighted by Gasteiger charge is 2.26. The second-order valence-corrected chi connectivity index (χ2v) is 7.18. The molecule has 0 fully saturated rings. The molecule has 4 nitrogen and oxygen atoms in total. The second kappa shape index (κ2) is 6.11. The predicted octanol–water partition coefficient (Wildman–Crippen LogP) is 4.00. The van der Waals surface area contributed by atoms with Gasteiger partial charge >= 0.3 is 0 Å².